The molecule has 0 amide bonds. The molecule has 1 heterocycles. The second-order valence-corrected chi connectivity index (χ2v) is 2.79. The standard InChI is InChI=1S/C8H10N2O3/c1-4-3-6(8(11)12)7(9)10(13)5(4)2/h3,9,13H,1-2H3,(H,11,12). The predicted octanol–water partition coefficient (Wildman–Crippen LogP) is 0.520. The molecule has 5 nitrogen and oxygen atoms in total. The highest BCUT2D eigenvalue weighted by Gasteiger charge is 2.11. The maximum Gasteiger partial charge on any atom is 0.339 e. The Morgan fingerprint density at radius 2 is 2.08 bits per heavy atom. The van der Waals surface area contributed by atoms with E-state index in [-0.39, 0.29) is 5.56 Å². The Balaban J connectivity index is 3.60. The van der Waals surface area contributed by atoms with Gasteiger partial charge in [-0.15, -0.1) is 0 Å². The number of nitrogens with one attached hydrogen (secondary N) is 1. The van der Waals surface area contributed by atoms with Crippen molar-refractivity contribution in [2.75, 3.05) is 0 Å². The number of aromatic nitrogens is 1. The fourth-order valence-electron chi connectivity index (χ4n) is 1.00. The fourth-order valence-corrected chi connectivity index (χ4v) is 1.00. The van der Waals surface area contributed by atoms with E-state index >= 15 is 0 Å². The van der Waals surface area contributed by atoms with Crippen LogP contribution in [-0.4, -0.2) is 21.0 Å². The Hall–Kier alpha value is -1.78. The maximum absolute atomic E-state index is 10.6. The third-order valence-corrected chi connectivity index (χ3v) is 1.95. The molecule has 3 N–H and O–H groups in total. The first-order valence-electron chi connectivity index (χ1n) is 3.65. The van der Waals surface area contributed by atoms with Gasteiger partial charge in [-0.3, -0.25) is 5.41 Å². The number of aromatic carboxylic acids is 1. The van der Waals surface area contributed by atoms with Crippen molar-refractivity contribution in [2.45, 2.75) is 13.8 Å². The van der Waals surface area contributed by atoms with Crippen molar-refractivity contribution in [2.24, 2.45) is 0 Å². The van der Waals surface area contributed by atoms with Gasteiger partial charge in [0, 0.05) is 0 Å². The van der Waals surface area contributed by atoms with Crippen molar-refractivity contribution in [1.82, 2.24) is 4.73 Å². The number of nitrogens with zero attached hydrogens (tertiary/aromatic N) is 1. The molecule has 0 aliphatic rings. The topological polar surface area (TPSA) is 86.3 Å². The summed E-state index contributed by atoms with van der Waals surface area (Å²) < 4.78 is 0.568. The molecule has 0 bridgehead atoms. The van der Waals surface area contributed by atoms with Crippen molar-refractivity contribution in [3.63, 3.8) is 0 Å². The lowest BCUT2D eigenvalue weighted by molar-refractivity contribution is 0.0685. The number of hydrogen-bond acceptors (Lipinski definition) is 3. The van der Waals surface area contributed by atoms with Gasteiger partial charge < -0.3 is 10.3 Å². The second kappa shape index (κ2) is 2.93. The van der Waals surface area contributed by atoms with Crippen LogP contribution in [-0.2, 0) is 0 Å². The summed E-state index contributed by atoms with van der Waals surface area (Å²) in [5.41, 5.74) is 0.493. The highest BCUT2D eigenvalue weighted by Crippen LogP contribution is 2.04. The molecular weight excluding hydrogens is 172 g/mol. The molecule has 1 aromatic rings. The number of aryl methyl sites for hydroxylation is 1. The number of carboxylic acid groups (broad SMARTS) is 1. The van der Waals surface area contributed by atoms with Crippen molar-refractivity contribution in [3.8, 4) is 0 Å². The number of carbonyl (C=O) groups is 1. The molecule has 70 valence electrons. The van der Waals surface area contributed by atoms with E-state index in [1.165, 1.54) is 6.07 Å². The quantitative estimate of drug-likeness (QED) is 0.553. The summed E-state index contributed by atoms with van der Waals surface area (Å²) in [6.45, 7) is 3.28. The molecular formula is C8H10N2O3. The van der Waals surface area contributed by atoms with Crippen LogP contribution in [0.4, 0.5) is 0 Å². The number of hydrogen-bond donors (Lipinski definition) is 3. The molecule has 5 heteroatoms. The van der Waals surface area contributed by atoms with Crippen LogP contribution in [0, 0.1) is 19.3 Å². The van der Waals surface area contributed by atoms with Gasteiger partial charge in [0.15, 0.2) is 5.49 Å². The van der Waals surface area contributed by atoms with E-state index in [2.05, 4.69) is 0 Å². The van der Waals surface area contributed by atoms with Gasteiger partial charge in [-0.05, 0) is 25.5 Å². The van der Waals surface area contributed by atoms with E-state index < -0.39 is 11.5 Å². The van der Waals surface area contributed by atoms with Gasteiger partial charge in [-0.25, -0.2) is 4.79 Å². The van der Waals surface area contributed by atoms with E-state index in [0.717, 1.165) is 0 Å². The van der Waals surface area contributed by atoms with Gasteiger partial charge in [0.2, 0.25) is 0 Å². The summed E-state index contributed by atoms with van der Waals surface area (Å²) in [5.74, 6) is -1.21. The molecule has 13 heavy (non-hydrogen) atoms. The molecule has 0 saturated heterocycles. The summed E-state index contributed by atoms with van der Waals surface area (Å²) in [7, 11) is 0. The molecule has 0 fully saturated rings. The van der Waals surface area contributed by atoms with Crippen LogP contribution in [0.15, 0.2) is 6.07 Å². The Bertz CT molecular complexity index is 420. The monoisotopic (exact) mass is 182 g/mol. The van der Waals surface area contributed by atoms with Crippen LogP contribution >= 0.6 is 0 Å². The molecule has 1 rings (SSSR count). The summed E-state index contributed by atoms with van der Waals surface area (Å²) >= 11 is 0. The van der Waals surface area contributed by atoms with Crippen molar-refractivity contribution in [1.29, 1.82) is 5.41 Å². The van der Waals surface area contributed by atoms with Crippen LogP contribution in [0.5, 0.6) is 0 Å². The molecule has 1 aromatic heterocycles. The molecule has 0 unspecified atom stereocenters. The highest BCUT2D eigenvalue weighted by atomic mass is 16.5. The largest absolute Gasteiger partial charge is 0.478 e. The SMILES string of the molecule is Cc1cc(C(=O)O)c(=N)n(O)c1C. The smallest absolute Gasteiger partial charge is 0.339 e. The number of carboxylic acids is 1. The van der Waals surface area contributed by atoms with Crippen molar-refractivity contribution < 1.29 is 15.1 Å². The first-order valence-corrected chi connectivity index (χ1v) is 3.65. The summed E-state index contributed by atoms with van der Waals surface area (Å²) in [4.78, 5) is 10.6. The second-order valence-electron chi connectivity index (χ2n) is 2.79. The average Bonchev–Trinajstić information content (AvgIpc) is 2.07. The summed E-state index contributed by atoms with van der Waals surface area (Å²) in [5, 5.41) is 25.2. The normalized spacial score (nSPS) is 10.0. The van der Waals surface area contributed by atoms with E-state index in [4.69, 9.17) is 10.5 Å². The Morgan fingerprint density at radius 3 is 2.54 bits per heavy atom. The highest BCUT2D eigenvalue weighted by molar-refractivity contribution is 5.87. The Kier molecular flexibility index (Phi) is 2.10. The zero-order valence-electron chi connectivity index (χ0n) is 7.33. The molecule has 0 aliphatic carbocycles. The molecule has 0 radical (unpaired) electrons. The predicted molar refractivity (Wildman–Crippen MR) is 43.9 cm³/mol. The minimum atomic E-state index is -1.21. The first kappa shape index (κ1) is 9.31. The zero-order chi connectivity index (χ0) is 10.2. The minimum Gasteiger partial charge on any atom is -0.478 e. The van der Waals surface area contributed by atoms with E-state index in [1.54, 1.807) is 13.8 Å². The third-order valence-electron chi connectivity index (χ3n) is 1.95. The van der Waals surface area contributed by atoms with E-state index in [0.29, 0.717) is 16.0 Å². The molecule has 0 aromatic carbocycles. The molecule has 0 aliphatic heterocycles. The van der Waals surface area contributed by atoms with Crippen LogP contribution in [0.1, 0.15) is 21.6 Å². The Labute approximate surface area is 74.3 Å². The summed E-state index contributed by atoms with van der Waals surface area (Å²) in [6, 6.07) is 1.37. The van der Waals surface area contributed by atoms with Crippen LogP contribution in [0.2, 0.25) is 0 Å². The van der Waals surface area contributed by atoms with E-state index in [9.17, 15) is 10.0 Å². The van der Waals surface area contributed by atoms with Crippen molar-refractivity contribution >= 4 is 5.97 Å². The van der Waals surface area contributed by atoms with Crippen LogP contribution in [0.25, 0.3) is 0 Å². The Morgan fingerprint density at radius 1 is 1.54 bits per heavy atom. The first-order chi connectivity index (χ1) is 5.95. The minimum absolute atomic E-state index is 0.203. The van der Waals surface area contributed by atoms with Crippen LogP contribution < -0.4 is 5.49 Å². The lowest BCUT2D eigenvalue weighted by Crippen LogP contribution is -2.27. The lowest BCUT2D eigenvalue weighted by Gasteiger charge is -2.07. The average molecular weight is 182 g/mol. The third kappa shape index (κ3) is 1.40. The number of rotatable bonds is 1. The summed E-state index contributed by atoms with van der Waals surface area (Å²) in [6.07, 6.45) is 0. The fraction of sp³-hybridized carbons (Fsp3) is 0.250. The van der Waals surface area contributed by atoms with Gasteiger partial charge in [-0.1, -0.05) is 0 Å². The van der Waals surface area contributed by atoms with Crippen LogP contribution in [0.3, 0.4) is 0 Å². The molecule has 0 spiro atoms. The van der Waals surface area contributed by atoms with E-state index in [1.807, 2.05) is 0 Å². The molecule has 0 saturated carbocycles. The zero-order valence-corrected chi connectivity index (χ0v) is 7.33. The van der Waals surface area contributed by atoms with Gasteiger partial charge >= 0.3 is 5.97 Å². The van der Waals surface area contributed by atoms with Gasteiger partial charge in [0.05, 0.1) is 5.69 Å². The van der Waals surface area contributed by atoms with Gasteiger partial charge in [-0.2, -0.15) is 4.73 Å². The maximum atomic E-state index is 10.6. The lowest BCUT2D eigenvalue weighted by atomic mass is 10.1. The van der Waals surface area contributed by atoms with Gasteiger partial charge in [0.25, 0.3) is 0 Å². The van der Waals surface area contributed by atoms with Gasteiger partial charge in [0.1, 0.15) is 5.56 Å². The molecule has 0 atom stereocenters. The van der Waals surface area contributed by atoms with Crippen molar-refractivity contribution in [3.05, 3.63) is 28.4 Å². The number of pyridine rings is 1.